The molecule has 0 unspecified atom stereocenters. The van der Waals surface area contributed by atoms with Crippen molar-refractivity contribution < 1.29 is 9.53 Å². The summed E-state index contributed by atoms with van der Waals surface area (Å²) >= 11 is 7.11. The SMILES string of the molecule is CCOC(=O)c1nn(-c2ccc(Cl)cc2)/c(=N/N=C(/C)c2c[nH]c3ccccc23)s1. The first-order valence-corrected chi connectivity index (χ1v) is 10.4. The number of aromatic nitrogens is 3. The van der Waals surface area contributed by atoms with Gasteiger partial charge >= 0.3 is 5.97 Å². The van der Waals surface area contributed by atoms with Crippen LogP contribution in [0.25, 0.3) is 16.6 Å². The minimum absolute atomic E-state index is 0.200. The number of hydrogen-bond acceptors (Lipinski definition) is 6. The van der Waals surface area contributed by atoms with Crippen molar-refractivity contribution in [2.45, 2.75) is 13.8 Å². The van der Waals surface area contributed by atoms with Crippen LogP contribution < -0.4 is 4.80 Å². The molecular weight excluding hydrogens is 422 g/mol. The molecule has 0 spiro atoms. The van der Waals surface area contributed by atoms with Crippen LogP contribution in [0.4, 0.5) is 0 Å². The number of nitrogens with one attached hydrogen (secondary N) is 1. The number of H-pyrrole nitrogens is 1. The first-order chi connectivity index (χ1) is 14.6. The van der Waals surface area contributed by atoms with Crippen LogP contribution in [0, 0.1) is 0 Å². The molecule has 0 radical (unpaired) electrons. The van der Waals surface area contributed by atoms with Gasteiger partial charge in [0, 0.05) is 27.7 Å². The molecule has 0 saturated heterocycles. The number of para-hydroxylation sites is 1. The number of aromatic amines is 1. The van der Waals surface area contributed by atoms with E-state index in [1.807, 2.05) is 37.4 Å². The van der Waals surface area contributed by atoms with Crippen molar-refractivity contribution in [2.24, 2.45) is 10.2 Å². The summed E-state index contributed by atoms with van der Waals surface area (Å²) in [5.41, 5.74) is 3.44. The molecule has 0 amide bonds. The number of halogens is 1. The average Bonchev–Trinajstić information content (AvgIpc) is 3.37. The van der Waals surface area contributed by atoms with E-state index in [4.69, 9.17) is 16.3 Å². The number of benzene rings is 2. The minimum Gasteiger partial charge on any atom is -0.461 e. The fourth-order valence-electron chi connectivity index (χ4n) is 2.91. The lowest BCUT2D eigenvalue weighted by atomic mass is 10.1. The predicted molar refractivity (Wildman–Crippen MR) is 118 cm³/mol. The fourth-order valence-corrected chi connectivity index (χ4v) is 3.79. The van der Waals surface area contributed by atoms with Crippen molar-refractivity contribution in [2.75, 3.05) is 6.61 Å². The minimum atomic E-state index is -0.496. The van der Waals surface area contributed by atoms with E-state index in [0.717, 1.165) is 33.5 Å². The number of ether oxygens (including phenoxy) is 1. The number of fused-ring (bicyclic) bond motifs is 1. The summed E-state index contributed by atoms with van der Waals surface area (Å²) in [6.07, 6.45) is 1.91. The lowest BCUT2D eigenvalue weighted by Gasteiger charge is -2.01. The number of hydrogen-bond donors (Lipinski definition) is 1. The second kappa shape index (κ2) is 8.64. The third-order valence-electron chi connectivity index (χ3n) is 4.35. The summed E-state index contributed by atoms with van der Waals surface area (Å²) in [5, 5.41) is 15.0. The molecule has 0 atom stereocenters. The van der Waals surface area contributed by atoms with E-state index in [2.05, 4.69) is 20.3 Å². The lowest BCUT2D eigenvalue weighted by Crippen LogP contribution is -2.14. The van der Waals surface area contributed by atoms with E-state index in [9.17, 15) is 4.79 Å². The maximum atomic E-state index is 12.2. The molecule has 2 aromatic carbocycles. The van der Waals surface area contributed by atoms with Crippen LogP contribution in [0.15, 0.2) is 64.9 Å². The first-order valence-electron chi connectivity index (χ1n) is 9.25. The molecule has 4 aromatic rings. The van der Waals surface area contributed by atoms with Crippen LogP contribution in [0.5, 0.6) is 0 Å². The molecule has 0 fully saturated rings. The van der Waals surface area contributed by atoms with Crippen molar-refractivity contribution in [3.05, 3.63) is 75.1 Å². The van der Waals surface area contributed by atoms with Gasteiger partial charge < -0.3 is 9.72 Å². The predicted octanol–water partition coefficient (Wildman–Crippen LogP) is 4.57. The van der Waals surface area contributed by atoms with Gasteiger partial charge in [-0.3, -0.25) is 0 Å². The zero-order valence-corrected chi connectivity index (χ0v) is 17.9. The van der Waals surface area contributed by atoms with Crippen molar-refractivity contribution in [3.63, 3.8) is 0 Å². The summed E-state index contributed by atoms with van der Waals surface area (Å²) in [5.74, 6) is -0.496. The summed E-state index contributed by atoms with van der Waals surface area (Å²) in [6.45, 7) is 3.90. The average molecular weight is 440 g/mol. The highest BCUT2D eigenvalue weighted by Gasteiger charge is 2.15. The van der Waals surface area contributed by atoms with E-state index in [-0.39, 0.29) is 11.6 Å². The van der Waals surface area contributed by atoms with Crippen LogP contribution in [-0.4, -0.2) is 33.1 Å². The van der Waals surface area contributed by atoms with Gasteiger partial charge in [-0.15, -0.1) is 10.2 Å². The summed E-state index contributed by atoms with van der Waals surface area (Å²) in [6, 6.07) is 15.1. The molecule has 0 aliphatic carbocycles. The van der Waals surface area contributed by atoms with Crippen LogP contribution in [0.1, 0.15) is 29.2 Å². The van der Waals surface area contributed by atoms with Gasteiger partial charge in [0.2, 0.25) is 9.81 Å². The number of rotatable bonds is 5. The van der Waals surface area contributed by atoms with Crippen molar-refractivity contribution in [1.29, 1.82) is 0 Å². The van der Waals surface area contributed by atoms with Gasteiger partial charge in [0.1, 0.15) is 0 Å². The Bertz CT molecular complexity index is 1300. The molecular formula is C21H18ClN5O2S. The molecule has 0 bridgehead atoms. The normalized spacial score (nSPS) is 12.5. The molecule has 4 rings (SSSR count). The molecule has 0 aliphatic rings. The van der Waals surface area contributed by atoms with Crippen molar-refractivity contribution in [1.82, 2.24) is 14.8 Å². The van der Waals surface area contributed by atoms with Gasteiger partial charge in [-0.2, -0.15) is 5.10 Å². The highest BCUT2D eigenvalue weighted by Crippen LogP contribution is 2.18. The van der Waals surface area contributed by atoms with Crippen LogP contribution in [0.3, 0.4) is 0 Å². The molecule has 1 N–H and O–H groups in total. The van der Waals surface area contributed by atoms with Crippen molar-refractivity contribution >= 4 is 45.5 Å². The molecule has 2 aromatic heterocycles. The quantitative estimate of drug-likeness (QED) is 0.281. The third-order valence-corrected chi connectivity index (χ3v) is 5.48. The Morgan fingerprint density at radius 3 is 2.77 bits per heavy atom. The maximum absolute atomic E-state index is 12.2. The lowest BCUT2D eigenvalue weighted by molar-refractivity contribution is 0.0524. The van der Waals surface area contributed by atoms with E-state index in [0.29, 0.717) is 15.5 Å². The van der Waals surface area contributed by atoms with E-state index in [1.54, 1.807) is 35.9 Å². The Kier molecular flexibility index (Phi) is 5.78. The number of carbonyl (C=O) groups is 1. The molecule has 2 heterocycles. The second-order valence-corrected chi connectivity index (χ2v) is 7.72. The summed E-state index contributed by atoms with van der Waals surface area (Å²) < 4.78 is 6.63. The smallest absolute Gasteiger partial charge is 0.369 e. The maximum Gasteiger partial charge on any atom is 0.369 e. The van der Waals surface area contributed by atoms with Crippen LogP contribution >= 0.6 is 22.9 Å². The van der Waals surface area contributed by atoms with Gasteiger partial charge in [-0.1, -0.05) is 41.1 Å². The van der Waals surface area contributed by atoms with Gasteiger partial charge in [0.25, 0.3) is 0 Å². The number of esters is 1. The topological polar surface area (TPSA) is 84.6 Å². The van der Waals surface area contributed by atoms with E-state index in [1.165, 1.54) is 0 Å². The Morgan fingerprint density at radius 2 is 2.00 bits per heavy atom. The molecule has 0 aliphatic heterocycles. The number of carbonyl (C=O) groups excluding carboxylic acids is 1. The Balaban J connectivity index is 1.79. The monoisotopic (exact) mass is 439 g/mol. The first kappa shape index (κ1) is 20.1. The highest BCUT2D eigenvalue weighted by molar-refractivity contribution is 7.10. The van der Waals surface area contributed by atoms with Gasteiger partial charge in [0.15, 0.2) is 0 Å². The largest absolute Gasteiger partial charge is 0.461 e. The molecule has 152 valence electrons. The fraction of sp³-hybridized carbons (Fsp3) is 0.143. The van der Waals surface area contributed by atoms with Crippen LogP contribution in [0.2, 0.25) is 5.02 Å². The Labute approximate surface area is 181 Å². The zero-order valence-electron chi connectivity index (χ0n) is 16.3. The second-order valence-electron chi connectivity index (χ2n) is 6.33. The van der Waals surface area contributed by atoms with Gasteiger partial charge in [-0.25, -0.2) is 9.48 Å². The zero-order chi connectivity index (χ0) is 21.1. The number of nitrogens with zero attached hydrogens (tertiary/aromatic N) is 4. The molecule has 7 nitrogen and oxygen atoms in total. The van der Waals surface area contributed by atoms with Crippen molar-refractivity contribution in [3.8, 4) is 5.69 Å². The van der Waals surface area contributed by atoms with E-state index >= 15 is 0 Å². The highest BCUT2D eigenvalue weighted by atomic mass is 35.5. The molecule has 0 saturated carbocycles. The summed E-state index contributed by atoms with van der Waals surface area (Å²) in [7, 11) is 0. The van der Waals surface area contributed by atoms with Crippen LogP contribution in [-0.2, 0) is 4.74 Å². The van der Waals surface area contributed by atoms with Gasteiger partial charge in [-0.05, 0) is 44.2 Å². The van der Waals surface area contributed by atoms with E-state index < -0.39 is 5.97 Å². The molecule has 9 heteroatoms. The standard InChI is InChI=1S/C21H18ClN5O2S/c1-3-29-20(28)19-26-27(15-10-8-14(22)9-11-15)21(30-19)25-24-13(2)17-12-23-18-7-5-4-6-16(17)18/h4-12,23H,3H2,1-2H3/b24-13-,25-21-. The Morgan fingerprint density at radius 1 is 1.23 bits per heavy atom. The summed E-state index contributed by atoms with van der Waals surface area (Å²) in [4.78, 5) is 15.9. The molecule has 30 heavy (non-hydrogen) atoms. The third kappa shape index (κ3) is 4.05. The Hall–Kier alpha value is -3.23. The van der Waals surface area contributed by atoms with Gasteiger partial charge in [0.05, 0.1) is 18.0 Å².